The molecule has 0 spiro atoms. The first kappa shape index (κ1) is 10.4. The molecule has 3 heteroatoms. The molecule has 15 heavy (non-hydrogen) atoms. The topological polar surface area (TPSA) is 37.8 Å². The van der Waals surface area contributed by atoms with Crippen LogP contribution < -0.4 is 5.32 Å². The van der Waals surface area contributed by atoms with E-state index in [1.807, 2.05) is 0 Å². The summed E-state index contributed by atoms with van der Waals surface area (Å²) in [6.07, 6.45) is 6.50. The first-order chi connectivity index (χ1) is 7.22. The predicted molar refractivity (Wildman–Crippen MR) is 61.9 cm³/mol. The molecular formula is C12H19N3. The Morgan fingerprint density at radius 2 is 2.20 bits per heavy atom. The highest BCUT2D eigenvalue weighted by Gasteiger charge is 2.36. The fourth-order valence-electron chi connectivity index (χ4n) is 1.58. The molecule has 1 fully saturated rings. The molecule has 0 bridgehead atoms. The number of hydrogen-bond donors (Lipinski definition) is 1. The molecule has 1 saturated carbocycles. The lowest BCUT2D eigenvalue weighted by atomic mass is 10.1. The van der Waals surface area contributed by atoms with Gasteiger partial charge in [-0.2, -0.15) is 0 Å². The fourth-order valence-corrected chi connectivity index (χ4v) is 1.58. The Bertz CT molecular complexity index is 331. The predicted octanol–water partition coefficient (Wildman–Crippen LogP) is 2.64. The molecule has 82 valence electrons. The third-order valence-corrected chi connectivity index (χ3v) is 3.03. The number of aryl methyl sites for hydroxylation is 1. The van der Waals surface area contributed by atoms with Crippen LogP contribution >= 0.6 is 0 Å². The minimum absolute atomic E-state index is 0.524. The van der Waals surface area contributed by atoms with E-state index in [0.29, 0.717) is 5.41 Å². The average molecular weight is 205 g/mol. The number of nitrogens with one attached hydrogen (secondary N) is 1. The summed E-state index contributed by atoms with van der Waals surface area (Å²) in [6.45, 7) is 5.52. The van der Waals surface area contributed by atoms with Gasteiger partial charge in [-0.25, -0.2) is 9.97 Å². The standard InChI is InChI=1S/C12H19N3/c1-3-4-10-7-11(15-9-14-10)13-8-12(2)5-6-12/h7,9H,3-6,8H2,1-2H3,(H,13,14,15). The fraction of sp³-hybridized carbons (Fsp3) is 0.667. The van der Waals surface area contributed by atoms with Crippen molar-refractivity contribution in [3.05, 3.63) is 18.1 Å². The zero-order valence-corrected chi connectivity index (χ0v) is 9.58. The molecule has 1 aliphatic rings. The van der Waals surface area contributed by atoms with Crippen molar-refractivity contribution in [2.75, 3.05) is 11.9 Å². The van der Waals surface area contributed by atoms with Crippen molar-refractivity contribution in [3.63, 3.8) is 0 Å². The van der Waals surface area contributed by atoms with Crippen LogP contribution in [0.1, 0.15) is 38.8 Å². The molecule has 1 aromatic rings. The minimum atomic E-state index is 0.524. The van der Waals surface area contributed by atoms with E-state index in [1.54, 1.807) is 6.33 Å². The molecule has 1 aliphatic carbocycles. The van der Waals surface area contributed by atoms with Crippen molar-refractivity contribution in [1.29, 1.82) is 0 Å². The lowest BCUT2D eigenvalue weighted by Crippen LogP contribution is -2.13. The maximum atomic E-state index is 4.24. The molecule has 1 heterocycles. The van der Waals surface area contributed by atoms with Crippen LogP contribution in [0.3, 0.4) is 0 Å². The van der Waals surface area contributed by atoms with Crippen molar-refractivity contribution >= 4 is 5.82 Å². The Hall–Kier alpha value is -1.12. The van der Waals surface area contributed by atoms with Crippen LogP contribution in [0.15, 0.2) is 12.4 Å². The van der Waals surface area contributed by atoms with Gasteiger partial charge in [-0.05, 0) is 24.7 Å². The van der Waals surface area contributed by atoms with E-state index in [1.165, 1.54) is 12.8 Å². The van der Waals surface area contributed by atoms with Gasteiger partial charge in [-0.1, -0.05) is 20.3 Å². The van der Waals surface area contributed by atoms with Crippen LogP contribution in [0.5, 0.6) is 0 Å². The number of anilines is 1. The summed E-state index contributed by atoms with van der Waals surface area (Å²) >= 11 is 0. The van der Waals surface area contributed by atoms with E-state index in [0.717, 1.165) is 30.9 Å². The van der Waals surface area contributed by atoms with E-state index in [9.17, 15) is 0 Å². The molecule has 3 nitrogen and oxygen atoms in total. The van der Waals surface area contributed by atoms with Gasteiger partial charge in [0.15, 0.2) is 0 Å². The van der Waals surface area contributed by atoms with Gasteiger partial charge in [0.2, 0.25) is 0 Å². The van der Waals surface area contributed by atoms with Gasteiger partial charge in [0.25, 0.3) is 0 Å². The Morgan fingerprint density at radius 3 is 2.87 bits per heavy atom. The maximum absolute atomic E-state index is 4.24. The van der Waals surface area contributed by atoms with Crippen LogP contribution in [0, 0.1) is 5.41 Å². The molecular weight excluding hydrogens is 186 g/mol. The Labute approximate surface area is 91.3 Å². The highest BCUT2D eigenvalue weighted by atomic mass is 15.0. The number of aromatic nitrogens is 2. The van der Waals surface area contributed by atoms with Crippen molar-refractivity contribution < 1.29 is 0 Å². The highest BCUT2D eigenvalue weighted by Crippen LogP contribution is 2.44. The number of rotatable bonds is 5. The zero-order chi connectivity index (χ0) is 10.7. The highest BCUT2D eigenvalue weighted by molar-refractivity contribution is 5.35. The second kappa shape index (κ2) is 4.17. The second-order valence-corrected chi connectivity index (χ2v) is 4.81. The van der Waals surface area contributed by atoms with Crippen molar-refractivity contribution in [1.82, 2.24) is 9.97 Å². The van der Waals surface area contributed by atoms with Gasteiger partial charge < -0.3 is 5.32 Å². The lowest BCUT2D eigenvalue weighted by Gasteiger charge is -2.10. The summed E-state index contributed by atoms with van der Waals surface area (Å²) in [7, 11) is 0. The first-order valence-corrected chi connectivity index (χ1v) is 5.77. The summed E-state index contributed by atoms with van der Waals surface area (Å²) in [5.74, 6) is 0.974. The van der Waals surface area contributed by atoms with Crippen molar-refractivity contribution in [2.45, 2.75) is 39.5 Å². The molecule has 0 saturated heterocycles. The van der Waals surface area contributed by atoms with Gasteiger partial charge in [0.05, 0.1) is 0 Å². The summed E-state index contributed by atoms with van der Waals surface area (Å²) in [5.41, 5.74) is 1.66. The molecule has 1 N–H and O–H groups in total. The summed E-state index contributed by atoms with van der Waals surface area (Å²) in [5, 5.41) is 3.39. The maximum Gasteiger partial charge on any atom is 0.129 e. The Balaban J connectivity index is 1.92. The smallest absolute Gasteiger partial charge is 0.129 e. The zero-order valence-electron chi connectivity index (χ0n) is 9.58. The van der Waals surface area contributed by atoms with Crippen LogP contribution in [0.2, 0.25) is 0 Å². The van der Waals surface area contributed by atoms with E-state index >= 15 is 0 Å². The van der Waals surface area contributed by atoms with Crippen LogP contribution in [0.25, 0.3) is 0 Å². The minimum Gasteiger partial charge on any atom is -0.369 e. The Morgan fingerprint density at radius 1 is 1.40 bits per heavy atom. The average Bonchev–Trinajstić information content (AvgIpc) is 2.96. The summed E-state index contributed by atoms with van der Waals surface area (Å²) in [4.78, 5) is 8.47. The van der Waals surface area contributed by atoms with Gasteiger partial charge >= 0.3 is 0 Å². The van der Waals surface area contributed by atoms with Crippen LogP contribution in [-0.2, 0) is 6.42 Å². The van der Waals surface area contributed by atoms with E-state index in [4.69, 9.17) is 0 Å². The Kier molecular flexibility index (Phi) is 2.89. The largest absolute Gasteiger partial charge is 0.369 e. The number of nitrogens with zero attached hydrogens (tertiary/aromatic N) is 2. The number of hydrogen-bond acceptors (Lipinski definition) is 3. The van der Waals surface area contributed by atoms with Gasteiger partial charge in [0.1, 0.15) is 12.1 Å². The lowest BCUT2D eigenvalue weighted by molar-refractivity contribution is 0.609. The monoisotopic (exact) mass is 205 g/mol. The van der Waals surface area contributed by atoms with Crippen LogP contribution in [-0.4, -0.2) is 16.5 Å². The molecule has 0 unspecified atom stereocenters. The molecule has 0 aliphatic heterocycles. The second-order valence-electron chi connectivity index (χ2n) is 4.81. The molecule has 0 aromatic carbocycles. The van der Waals surface area contributed by atoms with Crippen molar-refractivity contribution in [2.24, 2.45) is 5.41 Å². The molecule has 2 rings (SSSR count). The van der Waals surface area contributed by atoms with Crippen LogP contribution in [0.4, 0.5) is 5.82 Å². The summed E-state index contributed by atoms with van der Waals surface area (Å²) in [6, 6.07) is 2.06. The van der Waals surface area contributed by atoms with E-state index < -0.39 is 0 Å². The summed E-state index contributed by atoms with van der Waals surface area (Å²) < 4.78 is 0. The SMILES string of the molecule is CCCc1cc(NCC2(C)CC2)ncn1. The van der Waals surface area contributed by atoms with Gasteiger partial charge in [-0.3, -0.25) is 0 Å². The molecule has 0 radical (unpaired) electrons. The third kappa shape index (κ3) is 2.91. The molecule has 0 atom stereocenters. The van der Waals surface area contributed by atoms with E-state index in [-0.39, 0.29) is 0 Å². The first-order valence-electron chi connectivity index (χ1n) is 5.77. The van der Waals surface area contributed by atoms with Crippen molar-refractivity contribution in [3.8, 4) is 0 Å². The van der Waals surface area contributed by atoms with Gasteiger partial charge in [0, 0.05) is 18.3 Å². The molecule has 1 aromatic heterocycles. The normalized spacial score (nSPS) is 17.5. The quantitative estimate of drug-likeness (QED) is 0.803. The van der Waals surface area contributed by atoms with Gasteiger partial charge in [-0.15, -0.1) is 0 Å². The molecule has 0 amide bonds. The third-order valence-electron chi connectivity index (χ3n) is 3.03. The van der Waals surface area contributed by atoms with E-state index in [2.05, 4.69) is 35.2 Å².